The van der Waals surface area contributed by atoms with E-state index in [1.54, 1.807) is 23.7 Å². The molecule has 0 saturated heterocycles. The second-order valence-electron chi connectivity index (χ2n) is 6.08. The molecule has 0 aliphatic rings. The lowest BCUT2D eigenvalue weighted by Crippen LogP contribution is -2.07. The molecule has 0 unspecified atom stereocenters. The van der Waals surface area contributed by atoms with Crippen LogP contribution in [0.15, 0.2) is 30.5 Å². The summed E-state index contributed by atoms with van der Waals surface area (Å²) in [5.74, 6) is 0.483. The van der Waals surface area contributed by atoms with Gasteiger partial charge in [0.1, 0.15) is 11.5 Å². The fourth-order valence-corrected chi connectivity index (χ4v) is 2.28. The third-order valence-corrected chi connectivity index (χ3v) is 3.83. The van der Waals surface area contributed by atoms with Crippen molar-refractivity contribution in [3.8, 4) is 11.3 Å². The lowest BCUT2D eigenvalue weighted by Gasteiger charge is -2.03. The molecule has 0 bridgehead atoms. The molecule has 1 aromatic carbocycles. The van der Waals surface area contributed by atoms with Crippen LogP contribution in [0.1, 0.15) is 50.4 Å². The second kappa shape index (κ2) is 7.81. The predicted octanol–water partition coefficient (Wildman–Crippen LogP) is 3.54. The highest BCUT2D eigenvalue weighted by Crippen LogP contribution is 2.17. The minimum atomic E-state index is 0.0520. The van der Waals surface area contributed by atoms with E-state index in [9.17, 15) is 9.59 Å². The Balaban J connectivity index is 1.88. The van der Waals surface area contributed by atoms with Crippen molar-refractivity contribution in [3.05, 3.63) is 36.0 Å². The fourth-order valence-electron chi connectivity index (χ4n) is 2.28. The lowest BCUT2D eigenvalue weighted by molar-refractivity contribution is -0.122. The minimum absolute atomic E-state index is 0.0520. The summed E-state index contributed by atoms with van der Waals surface area (Å²) in [7, 11) is 0. The van der Waals surface area contributed by atoms with Crippen LogP contribution in [0.5, 0.6) is 0 Å². The first kappa shape index (κ1) is 17.1. The van der Waals surface area contributed by atoms with Gasteiger partial charge in [-0.1, -0.05) is 43.3 Å². The topological polar surface area (TPSA) is 64.8 Å². The van der Waals surface area contributed by atoms with Gasteiger partial charge in [-0.15, -0.1) is 5.10 Å². The Morgan fingerprint density at radius 1 is 1.13 bits per heavy atom. The highest BCUT2D eigenvalue weighted by Gasteiger charge is 2.08. The number of hydrogen-bond donors (Lipinski definition) is 0. The molecule has 0 amide bonds. The second-order valence-corrected chi connectivity index (χ2v) is 6.08. The third kappa shape index (κ3) is 4.84. The first-order valence-electron chi connectivity index (χ1n) is 8.01. The zero-order valence-corrected chi connectivity index (χ0v) is 14.0. The third-order valence-electron chi connectivity index (χ3n) is 3.83. The Kier molecular flexibility index (Phi) is 5.79. The number of rotatable bonds is 8. The van der Waals surface area contributed by atoms with Crippen molar-refractivity contribution in [1.29, 1.82) is 0 Å². The molecule has 0 atom stereocenters. The average molecular weight is 313 g/mol. The molecule has 0 radical (unpaired) electrons. The Bertz CT molecular complexity index is 672. The van der Waals surface area contributed by atoms with Crippen molar-refractivity contribution in [1.82, 2.24) is 15.0 Å². The van der Waals surface area contributed by atoms with Crippen LogP contribution in [0.25, 0.3) is 11.3 Å². The molecule has 122 valence electrons. The maximum atomic E-state index is 11.6. The van der Waals surface area contributed by atoms with Crippen LogP contribution in [0.3, 0.4) is 0 Å². The highest BCUT2D eigenvalue weighted by molar-refractivity contribution is 5.94. The van der Waals surface area contributed by atoms with Gasteiger partial charge in [0, 0.05) is 30.0 Å². The average Bonchev–Trinajstić information content (AvgIpc) is 3.00. The standard InChI is InChI=1S/C18H23N3O2/c1-13(2)18(23)6-4-5-11-21-12-17(19-20-21)16-9-7-15(8-10-16)14(3)22/h7-10,12-13H,4-6,11H2,1-3H3. The van der Waals surface area contributed by atoms with Crippen molar-refractivity contribution in [3.63, 3.8) is 0 Å². The van der Waals surface area contributed by atoms with Gasteiger partial charge in [-0.05, 0) is 19.8 Å². The van der Waals surface area contributed by atoms with Gasteiger partial charge in [-0.3, -0.25) is 14.3 Å². The maximum Gasteiger partial charge on any atom is 0.159 e. The Morgan fingerprint density at radius 3 is 2.43 bits per heavy atom. The molecule has 5 nitrogen and oxygen atoms in total. The number of ketones is 2. The molecule has 0 spiro atoms. The van der Waals surface area contributed by atoms with Gasteiger partial charge in [0.2, 0.25) is 0 Å². The van der Waals surface area contributed by atoms with Gasteiger partial charge in [-0.2, -0.15) is 0 Å². The lowest BCUT2D eigenvalue weighted by atomic mass is 10.0. The summed E-state index contributed by atoms with van der Waals surface area (Å²) < 4.78 is 1.80. The smallest absolute Gasteiger partial charge is 0.159 e. The molecule has 0 saturated carbocycles. The van der Waals surface area contributed by atoms with Crippen LogP contribution >= 0.6 is 0 Å². The number of unbranched alkanes of at least 4 members (excludes halogenated alkanes) is 1. The first-order valence-corrected chi connectivity index (χ1v) is 8.01. The van der Waals surface area contributed by atoms with Crippen molar-refractivity contribution in [2.45, 2.75) is 46.6 Å². The van der Waals surface area contributed by atoms with E-state index in [1.807, 2.05) is 32.2 Å². The van der Waals surface area contributed by atoms with Crippen molar-refractivity contribution in [2.24, 2.45) is 5.92 Å². The number of aromatic nitrogens is 3. The monoisotopic (exact) mass is 313 g/mol. The molecule has 0 N–H and O–H groups in total. The van der Waals surface area contributed by atoms with Crippen molar-refractivity contribution in [2.75, 3.05) is 0 Å². The van der Waals surface area contributed by atoms with E-state index in [0.29, 0.717) is 17.8 Å². The van der Waals surface area contributed by atoms with Crippen LogP contribution in [-0.4, -0.2) is 26.6 Å². The number of carbonyl (C=O) groups is 2. The zero-order valence-electron chi connectivity index (χ0n) is 14.0. The number of hydrogen-bond acceptors (Lipinski definition) is 4. The molecular formula is C18H23N3O2. The van der Waals surface area contributed by atoms with Crippen LogP contribution in [0, 0.1) is 5.92 Å². The van der Waals surface area contributed by atoms with E-state index >= 15 is 0 Å². The summed E-state index contributed by atoms with van der Waals surface area (Å²) in [5, 5.41) is 8.28. The molecule has 23 heavy (non-hydrogen) atoms. The van der Waals surface area contributed by atoms with Gasteiger partial charge in [0.25, 0.3) is 0 Å². The summed E-state index contributed by atoms with van der Waals surface area (Å²) in [6.07, 6.45) is 4.31. The van der Waals surface area contributed by atoms with Gasteiger partial charge in [0.05, 0.1) is 6.20 Å². The summed E-state index contributed by atoms with van der Waals surface area (Å²) in [4.78, 5) is 22.8. The minimum Gasteiger partial charge on any atom is -0.299 e. The zero-order chi connectivity index (χ0) is 16.8. The van der Waals surface area contributed by atoms with Gasteiger partial charge >= 0.3 is 0 Å². The van der Waals surface area contributed by atoms with Crippen LogP contribution in [-0.2, 0) is 11.3 Å². The van der Waals surface area contributed by atoms with E-state index < -0.39 is 0 Å². The molecule has 0 aliphatic carbocycles. The van der Waals surface area contributed by atoms with E-state index in [-0.39, 0.29) is 11.7 Å². The Hall–Kier alpha value is -2.30. The predicted molar refractivity (Wildman–Crippen MR) is 89.2 cm³/mol. The van der Waals surface area contributed by atoms with E-state index in [2.05, 4.69) is 10.3 Å². The SMILES string of the molecule is CC(=O)c1ccc(-c2cn(CCCCC(=O)C(C)C)nn2)cc1. The van der Waals surface area contributed by atoms with Crippen molar-refractivity contribution >= 4 is 11.6 Å². The Labute approximate surface area is 136 Å². The number of benzene rings is 1. The summed E-state index contributed by atoms with van der Waals surface area (Å²) in [6, 6.07) is 7.36. The molecular weight excluding hydrogens is 290 g/mol. The van der Waals surface area contributed by atoms with Gasteiger partial charge < -0.3 is 0 Å². The molecule has 2 aromatic rings. The molecule has 0 fully saturated rings. The van der Waals surface area contributed by atoms with Gasteiger partial charge in [-0.25, -0.2) is 0 Å². The maximum absolute atomic E-state index is 11.6. The van der Waals surface area contributed by atoms with E-state index in [1.165, 1.54) is 0 Å². The summed E-state index contributed by atoms with van der Waals surface area (Å²) in [5.41, 5.74) is 2.42. The number of nitrogens with zero attached hydrogens (tertiary/aromatic N) is 3. The van der Waals surface area contributed by atoms with Crippen LogP contribution in [0.4, 0.5) is 0 Å². The first-order chi connectivity index (χ1) is 11.0. The quantitative estimate of drug-likeness (QED) is 0.552. The number of Topliss-reactive ketones (excluding diaryl/α,β-unsaturated/α-hetero) is 2. The molecule has 1 heterocycles. The molecule has 5 heteroatoms. The fraction of sp³-hybridized carbons (Fsp3) is 0.444. The molecule has 1 aromatic heterocycles. The molecule has 0 aliphatic heterocycles. The molecule has 2 rings (SSSR count). The Morgan fingerprint density at radius 2 is 1.83 bits per heavy atom. The normalized spacial score (nSPS) is 11.0. The van der Waals surface area contributed by atoms with Crippen LogP contribution < -0.4 is 0 Å². The van der Waals surface area contributed by atoms with E-state index in [4.69, 9.17) is 0 Å². The largest absolute Gasteiger partial charge is 0.299 e. The number of carbonyl (C=O) groups excluding carboxylic acids is 2. The summed E-state index contributed by atoms with van der Waals surface area (Å²) >= 11 is 0. The van der Waals surface area contributed by atoms with Gasteiger partial charge in [0.15, 0.2) is 5.78 Å². The summed E-state index contributed by atoms with van der Waals surface area (Å²) in [6.45, 7) is 6.17. The highest BCUT2D eigenvalue weighted by atomic mass is 16.1. The number of aryl methyl sites for hydroxylation is 1. The van der Waals surface area contributed by atoms with Crippen LogP contribution in [0.2, 0.25) is 0 Å². The van der Waals surface area contributed by atoms with Crippen molar-refractivity contribution < 1.29 is 9.59 Å². The van der Waals surface area contributed by atoms with E-state index in [0.717, 1.165) is 30.6 Å².